The molecule has 0 aliphatic heterocycles. The van der Waals surface area contributed by atoms with E-state index in [9.17, 15) is 5.11 Å². The minimum atomic E-state index is -0.0900. The lowest BCUT2D eigenvalue weighted by Crippen LogP contribution is -2.27. The van der Waals surface area contributed by atoms with E-state index in [-0.39, 0.29) is 12.6 Å². The van der Waals surface area contributed by atoms with Gasteiger partial charge in [0.15, 0.2) is 0 Å². The van der Waals surface area contributed by atoms with Gasteiger partial charge in [-0.25, -0.2) is 4.68 Å². The predicted molar refractivity (Wildman–Crippen MR) is 97.9 cm³/mol. The number of methoxy groups -OCH3 is 1. The monoisotopic (exact) mass is 337 g/mol. The summed E-state index contributed by atoms with van der Waals surface area (Å²) in [5.74, 6) is 0.810. The summed E-state index contributed by atoms with van der Waals surface area (Å²) in [6.45, 7) is 0.694. The summed E-state index contributed by atoms with van der Waals surface area (Å²) in [6.07, 6.45) is 1.96. The number of aliphatic hydroxyl groups excluding tert-OH is 1. The predicted octanol–water partition coefficient (Wildman–Crippen LogP) is 3.05. The lowest BCUT2D eigenvalue weighted by molar-refractivity contribution is 0.141. The zero-order valence-corrected chi connectivity index (χ0v) is 14.5. The van der Waals surface area contributed by atoms with Crippen LogP contribution in [-0.4, -0.2) is 40.6 Å². The van der Waals surface area contributed by atoms with Gasteiger partial charge in [-0.2, -0.15) is 5.10 Å². The van der Waals surface area contributed by atoms with Crippen molar-refractivity contribution >= 4 is 0 Å². The van der Waals surface area contributed by atoms with Crippen LogP contribution in [0.2, 0.25) is 0 Å². The van der Waals surface area contributed by atoms with E-state index in [0.717, 1.165) is 22.7 Å². The fourth-order valence-electron chi connectivity index (χ4n) is 2.86. The first-order chi connectivity index (χ1) is 12.2. The standard InChI is InChI=1S/C20H23N3O2/c1-22(20(15-24)16-8-10-19(25-2)11-9-16)14-17-12-13-23(21-17)18-6-4-3-5-7-18/h3-13,20,24H,14-15H2,1-2H3. The molecule has 1 unspecified atom stereocenters. The molecule has 0 saturated heterocycles. The number of hydrogen-bond acceptors (Lipinski definition) is 4. The molecule has 1 aromatic heterocycles. The molecule has 0 bridgehead atoms. The van der Waals surface area contributed by atoms with Gasteiger partial charge < -0.3 is 9.84 Å². The number of benzene rings is 2. The maximum atomic E-state index is 9.84. The fraction of sp³-hybridized carbons (Fsp3) is 0.250. The number of rotatable bonds is 7. The van der Waals surface area contributed by atoms with Crippen LogP contribution in [0.1, 0.15) is 17.3 Å². The van der Waals surface area contributed by atoms with Gasteiger partial charge in [-0.05, 0) is 42.9 Å². The van der Waals surface area contributed by atoms with Crippen LogP contribution in [0.15, 0.2) is 66.9 Å². The van der Waals surface area contributed by atoms with E-state index in [1.807, 2.05) is 78.6 Å². The molecular weight excluding hydrogens is 314 g/mol. The van der Waals surface area contributed by atoms with Crippen LogP contribution in [0.25, 0.3) is 5.69 Å². The average molecular weight is 337 g/mol. The fourth-order valence-corrected chi connectivity index (χ4v) is 2.86. The van der Waals surface area contributed by atoms with Crippen molar-refractivity contribution in [3.05, 3.63) is 78.1 Å². The van der Waals surface area contributed by atoms with Gasteiger partial charge in [0.2, 0.25) is 0 Å². The van der Waals surface area contributed by atoms with Crippen LogP contribution in [0.4, 0.5) is 0 Å². The Hall–Kier alpha value is -2.63. The van der Waals surface area contributed by atoms with Crippen molar-refractivity contribution in [3.8, 4) is 11.4 Å². The number of para-hydroxylation sites is 1. The molecule has 0 saturated carbocycles. The highest BCUT2D eigenvalue weighted by atomic mass is 16.5. The van der Waals surface area contributed by atoms with E-state index in [4.69, 9.17) is 4.74 Å². The molecule has 0 aliphatic carbocycles. The highest BCUT2D eigenvalue weighted by molar-refractivity contribution is 5.31. The minimum Gasteiger partial charge on any atom is -0.497 e. The molecule has 25 heavy (non-hydrogen) atoms. The molecule has 0 fully saturated rings. The van der Waals surface area contributed by atoms with Crippen molar-refractivity contribution < 1.29 is 9.84 Å². The quantitative estimate of drug-likeness (QED) is 0.720. The molecule has 2 aromatic carbocycles. The summed E-state index contributed by atoms with van der Waals surface area (Å²) < 4.78 is 7.06. The van der Waals surface area contributed by atoms with E-state index in [1.165, 1.54) is 0 Å². The van der Waals surface area contributed by atoms with Crippen molar-refractivity contribution in [2.75, 3.05) is 20.8 Å². The number of hydrogen-bond donors (Lipinski definition) is 1. The lowest BCUT2D eigenvalue weighted by atomic mass is 10.1. The van der Waals surface area contributed by atoms with Crippen LogP contribution < -0.4 is 4.74 Å². The molecule has 0 radical (unpaired) electrons. The van der Waals surface area contributed by atoms with E-state index >= 15 is 0 Å². The summed E-state index contributed by atoms with van der Waals surface area (Å²) >= 11 is 0. The van der Waals surface area contributed by atoms with Gasteiger partial charge in [-0.15, -0.1) is 0 Å². The first kappa shape index (κ1) is 17.2. The molecule has 0 spiro atoms. The van der Waals surface area contributed by atoms with E-state index in [1.54, 1.807) is 7.11 Å². The summed E-state index contributed by atoms with van der Waals surface area (Å²) in [5, 5.41) is 14.5. The van der Waals surface area contributed by atoms with Crippen molar-refractivity contribution in [2.24, 2.45) is 0 Å². The van der Waals surface area contributed by atoms with Gasteiger partial charge in [0.25, 0.3) is 0 Å². The minimum absolute atomic E-state index is 0.0439. The summed E-state index contributed by atoms with van der Waals surface area (Å²) in [4.78, 5) is 2.10. The van der Waals surface area contributed by atoms with Gasteiger partial charge >= 0.3 is 0 Å². The Morgan fingerprint density at radius 2 is 1.80 bits per heavy atom. The average Bonchev–Trinajstić information content (AvgIpc) is 3.12. The van der Waals surface area contributed by atoms with E-state index in [0.29, 0.717) is 6.54 Å². The van der Waals surface area contributed by atoms with Crippen LogP contribution in [-0.2, 0) is 6.54 Å². The summed E-state index contributed by atoms with van der Waals surface area (Å²) in [5.41, 5.74) is 3.04. The summed E-state index contributed by atoms with van der Waals surface area (Å²) in [7, 11) is 3.64. The Bertz CT molecular complexity index is 784. The lowest BCUT2D eigenvalue weighted by Gasteiger charge is -2.26. The molecule has 5 heteroatoms. The second-order valence-electron chi connectivity index (χ2n) is 5.97. The first-order valence-corrected chi connectivity index (χ1v) is 8.26. The number of nitrogens with zero attached hydrogens (tertiary/aromatic N) is 3. The molecule has 0 aliphatic rings. The van der Waals surface area contributed by atoms with Gasteiger partial charge in [0, 0.05) is 12.7 Å². The molecule has 5 nitrogen and oxygen atoms in total. The molecule has 0 amide bonds. The van der Waals surface area contributed by atoms with Crippen LogP contribution >= 0.6 is 0 Å². The Balaban J connectivity index is 1.71. The molecule has 1 heterocycles. The van der Waals surface area contributed by atoms with Crippen molar-refractivity contribution in [3.63, 3.8) is 0 Å². The zero-order chi connectivity index (χ0) is 17.6. The molecule has 130 valence electrons. The largest absolute Gasteiger partial charge is 0.497 e. The van der Waals surface area contributed by atoms with Crippen molar-refractivity contribution in [1.82, 2.24) is 14.7 Å². The Morgan fingerprint density at radius 3 is 2.44 bits per heavy atom. The Labute approximate surface area is 148 Å². The van der Waals surface area contributed by atoms with Gasteiger partial charge in [-0.1, -0.05) is 30.3 Å². The molecule has 3 aromatic rings. The molecule has 1 N–H and O–H groups in total. The van der Waals surface area contributed by atoms with Gasteiger partial charge in [-0.3, -0.25) is 4.90 Å². The normalized spacial score (nSPS) is 12.3. The third-order valence-electron chi connectivity index (χ3n) is 4.28. The molecular formula is C20H23N3O2. The number of aliphatic hydroxyl groups is 1. The van der Waals surface area contributed by atoms with Crippen LogP contribution in [0.5, 0.6) is 5.75 Å². The topological polar surface area (TPSA) is 50.5 Å². The number of likely N-dealkylation sites (N-methyl/N-ethyl adjacent to an activating group) is 1. The second-order valence-corrected chi connectivity index (χ2v) is 5.97. The van der Waals surface area contributed by atoms with Crippen LogP contribution in [0, 0.1) is 0 Å². The van der Waals surface area contributed by atoms with Gasteiger partial charge in [0.05, 0.1) is 31.1 Å². The maximum absolute atomic E-state index is 9.84. The number of aromatic nitrogens is 2. The van der Waals surface area contributed by atoms with Crippen molar-refractivity contribution in [2.45, 2.75) is 12.6 Å². The maximum Gasteiger partial charge on any atom is 0.118 e. The highest BCUT2D eigenvalue weighted by Gasteiger charge is 2.17. The van der Waals surface area contributed by atoms with Crippen molar-refractivity contribution in [1.29, 1.82) is 0 Å². The Kier molecular flexibility index (Phi) is 5.48. The Morgan fingerprint density at radius 1 is 1.08 bits per heavy atom. The third-order valence-corrected chi connectivity index (χ3v) is 4.28. The SMILES string of the molecule is COc1ccc(C(CO)N(C)Cc2ccn(-c3ccccc3)n2)cc1. The highest BCUT2D eigenvalue weighted by Crippen LogP contribution is 2.23. The second kappa shape index (κ2) is 7.96. The molecule has 3 rings (SSSR count). The number of ether oxygens (including phenoxy) is 1. The summed E-state index contributed by atoms with van der Waals surface area (Å²) in [6, 6.07) is 19.7. The van der Waals surface area contributed by atoms with E-state index in [2.05, 4.69) is 10.00 Å². The van der Waals surface area contributed by atoms with Crippen LogP contribution in [0.3, 0.4) is 0 Å². The zero-order valence-electron chi connectivity index (χ0n) is 14.5. The van der Waals surface area contributed by atoms with E-state index < -0.39 is 0 Å². The molecule has 1 atom stereocenters. The van der Waals surface area contributed by atoms with Gasteiger partial charge in [0.1, 0.15) is 5.75 Å². The smallest absolute Gasteiger partial charge is 0.118 e. The third kappa shape index (κ3) is 4.07. The first-order valence-electron chi connectivity index (χ1n) is 8.26.